The molecule has 1 aliphatic rings. The number of carbonyl (C=O) groups excluding carboxylic acids is 5. The second-order valence-corrected chi connectivity index (χ2v) is 22.4. The Kier molecular flexibility index (Phi) is 23.2. The largest absolute Gasteiger partial charge is 0.480 e. The number of aliphatic carboxylic acids is 2. The van der Waals surface area contributed by atoms with Crippen molar-refractivity contribution in [3.8, 4) is 33.4 Å². The first kappa shape index (κ1) is 67.7. The van der Waals surface area contributed by atoms with Crippen LogP contribution in [0.1, 0.15) is 51.3 Å². The van der Waals surface area contributed by atoms with Crippen molar-refractivity contribution in [3.05, 3.63) is 180 Å². The van der Waals surface area contributed by atoms with Crippen LogP contribution in [0.15, 0.2) is 146 Å². The molecule has 1 fully saturated rings. The number of rotatable bonds is 23. The van der Waals surface area contributed by atoms with E-state index in [1.54, 1.807) is 109 Å². The molecule has 16 nitrogen and oxygen atoms in total. The zero-order valence-corrected chi connectivity index (χ0v) is 48.3. The van der Waals surface area contributed by atoms with Crippen LogP contribution in [0, 0.1) is 45.5 Å². The van der Waals surface area contributed by atoms with Gasteiger partial charge in [0.25, 0.3) is 19.6 Å². The second kappa shape index (κ2) is 29.2. The molecule has 0 aliphatic carbocycles. The molecule has 0 aromatic heterocycles. The van der Waals surface area contributed by atoms with Crippen LogP contribution < -0.4 is 5.73 Å². The van der Waals surface area contributed by atoms with E-state index in [1.807, 2.05) is 0 Å². The summed E-state index contributed by atoms with van der Waals surface area (Å²) in [6.45, 7) is 6.22. The second-order valence-electron chi connectivity index (χ2n) is 22.4. The monoisotopic (exact) mass is 1170 g/mol. The Labute approximate surface area is 492 Å². The molecule has 0 radical (unpaired) electrons. The first-order valence-electron chi connectivity index (χ1n) is 27.3. The van der Waals surface area contributed by atoms with E-state index >= 15 is 0 Å². The number of esters is 2. The minimum Gasteiger partial charge on any atom is -0.480 e. The lowest BCUT2D eigenvalue weighted by Gasteiger charge is -2.38. The topological polar surface area (TPSA) is 285 Å². The van der Waals surface area contributed by atoms with Gasteiger partial charge in [-0.3, -0.25) is 33.6 Å². The molecular formula is C64H70B2F3NO15. The van der Waals surface area contributed by atoms with E-state index in [4.69, 9.17) is 20.3 Å². The first-order valence-corrected chi connectivity index (χ1v) is 27.3. The van der Waals surface area contributed by atoms with Crippen molar-refractivity contribution in [2.75, 3.05) is 13.2 Å². The minimum absolute atomic E-state index is 0.0595. The number of nitrogens with two attached hydrogens (primary N) is 1. The fraction of sp³-hybridized carbons (Fsp3) is 0.328. The summed E-state index contributed by atoms with van der Waals surface area (Å²) < 4.78 is 50.5. The fourth-order valence-corrected chi connectivity index (χ4v) is 9.54. The molecule has 6 aromatic carbocycles. The number of hydrogen-bond acceptors (Lipinski definition) is 14. The van der Waals surface area contributed by atoms with E-state index in [0.29, 0.717) is 0 Å². The number of ether oxygens (including phenoxy) is 2. The number of cyclic esters (lactones) is 2. The average Bonchev–Trinajstić information content (AvgIpc) is 1.27. The van der Waals surface area contributed by atoms with E-state index in [9.17, 15) is 72.1 Å². The van der Waals surface area contributed by atoms with Crippen LogP contribution >= 0.6 is 0 Å². The molecule has 21 heteroatoms. The lowest BCUT2D eigenvalue weighted by Crippen LogP contribution is -2.57. The van der Waals surface area contributed by atoms with Gasteiger partial charge >= 0.3 is 23.9 Å². The molecule has 8 N–H and O–H groups in total. The van der Waals surface area contributed by atoms with E-state index in [1.165, 1.54) is 77.7 Å². The van der Waals surface area contributed by atoms with Gasteiger partial charge in [0.15, 0.2) is 17.3 Å². The van der Waals surface area contributed by atoms with Gasteiger partial charge in [0.1, 0.15) is 28.3 Å². The SMILES string of the molecule is CB(O)C[C@H](Cc1ccc(-c2cccc(F)c2)cc1)C(=O)C1(C)C(=O)OC(C)(C)OC1=O.CB(O)C[C@H](Cc1ccc(-c2cccc(F)c2)cc1)C(=O)[C@@](C)(CO)C(=O)O.C[C@](CO)(C(=O)O)C(=O)[C@H](N)Cc1ccc(-c2cccc(F)c2)cc1. The molecule has 0 bridgehead atoms. The van der Waals surface area contributed by atoms with Gasteiger partial charge in [-0.1, -0.05) is 123 Å². The number of benzene rings is 6. The van der Waals surface area contributed by atoms with Gasteiger partial charge in [-0.2, -0.15) is 0 Å². The normalized spacial score (nSPS) is 15.7. The van der Waals surface area contributed by atoms with Crippen molar-refractivity contribution in [3.63, 3.8) is 0 Å². The highest BCUT2D eigenvalue weighted by Crippen LogP contribution is 2.37. The van der Waals surface area contributed by atoms with Crippen LogP contribution in [-0.4, -0.2) is 111 Å². The summed E-state index contributed by atoms with van der Waals surface area (Å²) in [4.78, 5) is 86.4. The molecule has 1 heterocycles. The van der Waals surface area contributed by atoms with Crippen molar-refractivity contribution in [2.24, 2.45) is 33.8 Å². The summed E-state index contributed by atoms with van der Waals surface area (Å²) in [5.41, 5.74) is 6.81. The predicted molar refractivity (Wildman–Crippen MR) is 314 cm³/mol. The minimum atomic E-state index is -2.10. The highest BCUT2D eigenvalue weighted by molar-refractivity contribution is 6.49. The maximum absolute atomic E-state index is 13.5. The number of aliphatic hydroxyl groups excluding tert-OH is 2. The van der Waals surface area contributed by atoms with Crippen LogP contribution in [0.5, 0.6) is 0 Å². The van der Waals surface area contributed by atoms with Crippen molar-refractivity contribution < 1.29 is 86.7 Å². The molecule has 0 spiro atoms. The number of carbonyl (C=O) groups is 7. The maximum atomic E-state index is 13.5. The first-order chi connectivity index (χ1) is 39.9. The van der Waals surface area contributed by atoms with Gasteiger partial charge in [-0.25, -0.2) is 13.2 Å². The Morgan fingerprint density at radius 3 is 1.15 bits per heavy atom. The number of carboxylic acid groups (broad SMARTS) is 2. The third kappa shape index (κ3) is 17.5. The molecule has 0 amide bonds. The number of hydrogen-bond donors (Lipinski definition) is 7. The quantitative estimate of drug-likeness (QED) is 0.0180. The molecule has 85 heavy (non-hydrogen) atoms. The van der Waals surface area contributed by atoms with Gasteiger partial charge in [0, 0.05) is 25.7 Å². The van der Waals surface area contributed by atoms with E-state index in [0.717, 1.165) is 57.0 Å². The zero-order valence-electron chi connectivity index (χ0n) is 48.3. The van der Waals surface area contributed by atoms with E-state index in [-0.39, 0.29) is 49.4 Å². The lowest BCUT2D eigenvalue weighted by molar-refractivity contribution is -0.247. The molecule has 5 atom stereocenters. The van der Waals surface area contributed by atoms with Crippen molar-refractivity contribution >= 4 is 55.1 Å². The summed E-state index contributed by atoms with van der Waals surface area (Å²) >= 11 is 0. The summed E-state index contributed by atoms with van der Waals surface area (Å²) in [6.07, 6.45) is 0.727. The van der Waals surface area contributed by atoms with Crippen LogP contribution in [-0.2, 0) is 62.3 Å². The third-order valence-electron chi connectivity index (χ3n) is 14.7. The molecule has 6 aromatic rings. The third-order valence-corrected chi connectivity index (χ3v) is 14.7. The Balaban J connectivity index is 0.000000235. The highest BCUT2D eigenvalue weighted by atomic mass is 19.1. The Bertz CT molecular complexity index is 3320. The van der Waals surface area contributed by atoms with Gasteiger partial charge in [0.2, 0.25) is 5.41 Å². The standard InChI is InChI=1S/C24H26BFO6.C21H24BFO5.C19H20FNO4/c1-23(2)31-21(28)24(3,22(29)32-23)20(27)18(14-25(4)30)12-15-8-10-16(11-9-15)17-6-5-7-19(26)13-17;1-21(13-24,20(26)27)19(25)17(12-22(2)28)10-14-6-8-15(9-7-14)16-4-3-5-18(23)11-16;1-19(11-22,18(24)25)17(23)16(21)9-12-5-7-13(8-6-12)14-3-2-4-15(20)10-14/h5-11,13,18,30H,12,14H2,1-4H3;3-9,11,17,24,28H,10,12-13H2,1-2H3,(H,26,27);2-8,10,16,22H,9,11,21H2,1H3,(H,24,25)/t18-;17-,21+;16-,19-/m001/s1. The van der Waals surface area contributed by atoms with Crippen molar-refractivity contribution in [1.82, 2.24) is 0 Å². The Morgan fingerprint density at radius 1 is 0.518 bits per heavy atom. The average molecular weight is 1170 g/mol. The number of Topliss-reactive ketones (excluding diaryl/α,β-unsaturated/α-hetero) is 3. The van der Waals surface area contributed by atoms with Crippen LogP contribution in [0.4, 0.5) is 13.2 Å². The van der Waals surface area contributed by atoms with Crippen LogP contribution in [0.2, 0.25) is 26.3 Å². The Morgan fingerprint density at radius 2 is 0.835 bits per heavy atom. The van der Waals surface area contributed by atoms with Crippen LogP contribution in [0.25, 0.3) is 33.4 Å². The molecule has 448 valence electrons. The zero-order chi connectivity index (χ0) is 63.2. The molecule has 1 saturated heterocycles. The fourth-order valence-electron chi connectivity index (χ4n) is 9.54. The Hall–Kier alpha value is -8.07. The van der Waals surface area contributed by atoms with Crippen molar-refractivity contribution in [1.29, 1.82) is 0 Å². The van der Waals surface area contributed by atoms with Gasteiger partial charge in [-0.15, -0.1) is 0 Å². The van der Waals surface area contributed by atoms with Gasteiger partial charge < -0.3 is 45.7 Å². The smallest absolute Gasteiger partial charge is 0.334 e. The maximum Gasteiger partial charge on any atom is 0.334 e. The highest BCUT2D eigenvalue weighted by Gasteiger charge is 2.59. The number of halogens is 3. The van der Waals surface area contributed by atoms with E-state index < -0.39 is 108 Å². The van der Waals surface area contributed by atoms with Crippen molar-refractivity contribution in [2.45, 2.75) is 92.0 Å². The molecular weight excluding hydrogens is 1100 g/mol. The molecule has 7 rings (SSSR count). The summed E-state index contributed by atoms with van der Waals surface area (Å²) in [7, 11) is 0. The number of carboxylic acids is 2. The van der Waals surface area contributed by atoms with E-state index in [2.05, 4.69) is 0 Å². The number of ketones is 3. The lowest BCUT2D eigenvalue weighted by atomic mass is 9.60. The summed E-state index contributed by atoms with van der Waals surface area (Å²) in [5, 5.41) is 56.9. The summed E-state index contributed by atoms with van der Waals surface area (Å²) in [6, 6.07) is 39.0. The van der Waals surface area contributed by atoms with Gasteiger partial charge in [-0.05, 0) is 139 Å². The molecule has 0 saturated carbocycles. The predicted octanol–water partition coefficient (Wildman–Crippen LogP) is 8.61. The van der Waals surface area contributed by atoms with Gasteiger partial charge in [0.05, 0.1) is 19.3 Å². The van der Waals surface area contributed by atoms with Crippen LogP contribution in [0.3, 0.4) is 0 Å². The number of aliphatic hydroxyl groups is 2. The molecule has 1 aliphatic heterocycles. The summed E-state index contributed by atoms with van der Waals surface area (Å²) in [5.74, 6) is -10.7. The molecule has 0 unspecified atom stereocenters.